The van der Waals surface area contributed by atoms with Crippen molar-refractivity contribution in [1.82, 2.24) is 15.5 Å². The van der Waals surface area contributed by atoms with Gasteiger partial charge in [-0.25, -0.2) is 0 Å². The van der Waals surface area contributed by atoms with Gasteiger partial charge in [0, 0.05) is 36.7 Å². The second kappa shape index (κ2) is 8.87. The first kappa shape index (κ1) is 17.8. The van der Waals surface area contributed by atoms with E-state index in [1.165, 1.54) is 4.88 Å². The topological polar surface area (TPSA) is 61.4 Å². The molecular formula is C17H25N3O2S2. The molecule has 1 aromatic heterocycles. The minimum absolute atomic E-state index is 0.0653. The fourth-order valence-corrected chi connectivity index (χ4v) is 4.89. The highest BCUT2D eigenvalue weighted by atomic mass is 32.2. The molecule has 2 aliphatic heterocycles. The van der Waals surface area contributed by atoms with Gasteiger partial charge in [0.05, 0.1) is 11.9 Å². The van der Waals surface area contributed by atoms with Crippen molar-refractivity contribution in [3.63, 3.8) is 0 Å². The van der Waals surface area contributed by atoms with E-state index < -0.39 is 0 Å². The Bertz CT molecular complexity index is 544. The molecule has 3 heterocycles. The molecule has 2 aliphatic rings. The van der Waals surface area contributed by atoms with Crippen molar-refractivity contribution in [1.29, 1.82) is 0 Å². The Balaban J connectivity index is 1.30. The lowest BCUT2D eigenvalue weighted by atomic mass is 10.0. The van der Waals surface area contributed by atoms with E-state index in [2.05, 4.69) is 22.1 Å². The van der Waals surface area contributed by atoms with Crippen LogP contribution in [-0.4, -0.2) is 54.0 Å². The lowest BCUT2D eigenvalue weighted by Crippen LogP contribution is -2.42. The Labute approximate surface area is 151 Å². The molecule has 2 N–H and O–H groups in total. The average molecular weight is 368 g/mol. The molecule has 1 aromatic rings. The first-order valence-corrected chi connectivity index (χ1v) is 10.6. The number of amides is 2. The van der Waals surface area contributed by atoms with Crippen molar-refractivity contribution >= 4 is 34.9 Å². The van der Waals surface area contributed by atoms with Crippen molar-refractivity contribution in [2.75, 3.05) is 31.3 Å². The fourth-order valence-electron chi connectivity index (χ4n) is 3.19. The SMILES string of the molecule is O=C(CCCc1cccs1)NC[C@@H]1CN[C@H](C(=O)N2CCSC2)C1. The number of aryl methyl sites for hydroxylation is 1. The van der Waals surface area contributed by atoms with Crippen molar-refractivity contribution in [2.45, 2.75) is 31.7 Å². The number of thioether (sulfide) groups is 1. The highest BCUT2D eigenvalue weighted by Gasteiger charge is 2.33. The number of nitrogens with zero attached hydrogens (tertiary/aromatic N) is 1. The maximum absolute atomic E-state index is 12.3. The second-order valence-corrected chi connectivity index (χ2v) is 8.55. The number of hydrogen-bond acceptors (Lipinski definition) is 5. The molecule has 0 aliphatic carbocycles. The highest BCUT2D eigenvalue weighted by Crippen LogP contribution is 2.20. The van der Waals surface area contributed by atoms with E-state index in [9.17, 15) is 9.59 Å². The van der Waals surface area contributed by atoms with E-state index in [0.717, 1.165) is 44.0 Å². The number of thiophene rings is 1. The highest BCUT2D eigenvalue weighted by molar-refractivity contribution is 7.99. The predicted molar refractivity (Wildman–Crippen MR) is 99.2 cm³/mol. The lowest BCUT2D eigenvalue weighted by molar-refractivity contribution is -0.131. The van der Waals surface area contributed by atoms with Gasteiger partial charge in [0.25, 0.3) is 0 Å². The van der Waals surface area contributed by atoms with Crippen molar-refractivity contribution in [3.8, 4) is 0 Å². The van der Waals surface area contributed by atoms with Gasteiger partial charge in [0.15, 0.2) is 0 Å². The van der Waals surface area contributed by atoms with Crippen LogP contribution < -0.4 is 10.6 Å². The molecule has 5 nitrogen and oxygen atoms in total. The third kappa shape index (κ3) is 4.97. The third-order valence-corrected chi connectivity index (χ3v) is 6.48. The maximum atomic E-state index is 12.3. The zero-order chi connectivity index (χ0) is 16.8. The molecule has 0 spiro atoms. The molecule has 2 fully saturated rings. The van der Waals surface area contributed by atoms with Gasteiger partial charge in [-0.1, -0.05) is 6.07 Å². The molecule has 132 valence electrons. The van der Waals surface area contributed by atoms with Gasteiger partial charge in [-0.05, 0) is 36.6 Å². The van der Waals surface area contributed by atoms with Crippen LogP contribution in [0.1, 0.15) is 24.1 Å². The molecule has 2 atom stereocenters. The first-order valence-electron chi connectivity index (χ1n) is 8.61. The minimum atomic E-state index is -0.0653. The quantitative estimate of drug-likeness (QED) is 0.770. The Morgan fingerprint density at radius 1 is 1.42 bits per heavy atom. The largest absolute Gasteiger partial charge is 0.356 e. The summed E-state index contributed by atoms with van der Waals surface area (Å²) in [5, 5.41) is 8.42. The van der Waals surface area contributed by atoms with E-state index in [0.29, 0.717) is 18.9 Å². The molecule has 0 radical (unpaired) electrons. The number of carbonyl (C=O) groups excluding carboxylic acids is 2. The van der Waals surface area contributed by atoms with Crippen LogP contribution in [0.25, 0.3) is 0 Å². The summed E-state index contributed by atoms with van der Waals surface area (Å²) in [6.07, 6.45) is 3.27. The van der Waals surface area contributed by atoms with Crippen LogP contribution in [0.5, 0.6) is 0 Å². The van der Waals surface area contributed by atoms with Gasteiger partial charge in [0.2, 0.25) is 11.8 Å². The summed E-state index contributed by atoms with van der Waals surface area (Å²) in [6, 6.07) is 4.10. The van der Waals surface area contributed by atoms with E-state index >= 15 is 0 Å². The molecule has 0 saturated carbocycles. The second-order valence-electron chi connectivity index (χ2n) is 6.44. The normalized spacial score (nSPS) is 23.6. The van der Waals surface area contributed by atoms with Gasteiger partial charge in [-0.15, -0.1) is 23.1 Å². The summed E-state index contributed by atoms with van der Waals surface area (Å²) in [7, 11) is 0. The molecule has 0 bridgehead atoms. The number of carbonyl (C=O) groups is 2. The molecular weight excluding hydrogens is 342 g/mol. The monoisotopic (exact) mass is 367 g/mol. The summed E-state index contributed by atoms with van der Waals surface area (Å²) < 4.78 is 0. The van der Waals surface area contributed by atoms with Crippen LogP contribution in [0.2, 0.25) is 0 Å². The Morgan fingerprint density at radius 3 is 3.08 bits per heavy atom. The van der Waals surface area contributed by atoms with Gasteiger partial charge >= 0.3 is 0 Å². The van der Waals surface area contributed by atoms with Gasteiger partial charge in [0.1, 0.15) is 0 Å². The zero-order valence-corrected chi connectivity index (χ0v) is 15.5. The van der Waals surface area contributed by atoms with E-state index in [1.54, 1.807) is 11.3 Å². The summed E-state index contributed by atoms with van der Waals surface area (Å²) >= 11 is 3.56. The van der Waals surface area contributed by atoms with E-state index in [4.69, 9.17) is 0 Å². The van der Waals surface area contributed by atoms with Crippen LogP contribution in [0.3, 0.4) is 0 Å². The molecule has 2 saturated heterocycles. The summed E-state index contributed by atoms with van der Waals surface area (Å²) in [5.41, 5.74) is 0. The molecule has 0 unspecified atom stereocenters. The summed E-state index contributed by atoms with van der Waals surface area (Å²) in [4.78, 5) is 27.6. The Hall–Kier alpha value is -1.05. The standard InChI is InChI=1S/C17H25N3O2S2/c21-16(5-1-3-14-4-2-7-24-14)19-11-13-9-15(18-10-13)17(22)20-6-8-23-12-20/h2,4,7,13,15,18H,1,3,5-6,8-12H2,(H,19,21)/t13-,15-/m0/s1. The Kier molecular flexibility index (Phi) is 6.57. The van der Waals surface area contributed by atoms with Crippen LogP contribution in [0.4, 0.5) is 0 Å². The van der Waals surface area contributed by atoms with E-state index in [1.807, 2.05) is 22.7 Å². The summed E-state index contributed by atoms with van der Waals surface area (Å²) in [6.45, 7) is 2.35. The molecule has 2 amide bonds. The molecule has 24 heavy (non-hydrogen) atoms. The molecule has 0 aromatic carbocycles. The minimum Gasteiger partial charge on any atom is -0.356 e. The number of rotatable bonds is 7. The first-order chi connectivity index (χ1) is 11.7. The summed E-state index contributed by atoms with van der Waals surface area (Å²) in [5.74, 6) is 2.57. The van der Waals surface area contributed by atoms with Crippen LogP contribution >= 0.6 is 23.1 Å². The van der Waals surface area contributed by atoms with Crippen molar-refractivity contribution in [3.05, 3.63) is 22.4 Å². The Morgan fingerprint density at radius 2 is 2.33 bits per heavy atom. The predicted octanol–water partition coefficient (Wildman–Crippen LogP) is 1.70. The van der Waals surface area contributed by atoms with E-state index in [-0.39, 0.29) is 17.9 Å². The average Bonchev–Trinajstić information content (AvgIpc) is 3.33. The van der Waals surface area contributed by atoms with Gasteiger partial charge in [-0.3, -0.25) is 9.59 Å². The van der Waals surface area contributed by atoms with Crippen LogP contribution in [0, 0.1) is 5.92 Å². The fraction of sp³-hybridized carbons (Fsp3) is 0.647. The number of nitrogens with one attached hydrogen (secondary N) is 2. The maximum Gasteiger partial charge on any atom is 0.240 e. The third-order valence-electron chi connectivity index (χ3n) is 4.58. The van der Waals surface area contributed by atoms with Gasteiger partial charge in [-0.2, -0.15) is 0 Å². The van der Waals surface area contributed by atoms with Crippen molar-refractivity contribution < 1.29 is 9.59 Å². The number of hydrogen-bond donors (Lipinski definition) is 2. The van der Waals surface area contributed by atoms with Crippen molar-refractivity contribution in [2.24, 2.45) is 5.92 Å². The van der Waals surface area contributed by atoms with Crippen LogP contribution in [-0.2, 0) is 16.0 Å². The molecule has 3 rings (SSSR count). The smallest absolute Gasteiger partial charge is 0.240 e. The lowest BCUT2D eigenvalue weighted by Gasteiger charge is -2.19. The zero-order valence-electron chi connectivity index (χ0n) is 13.8. The van der Waals surface area contributed by atoms with Crippen LogP contribution in [0.15, 0.2) is 17.5 Å². The van der Waals surface area contributed by atoms with Gasteiger partial charge < -0.3 is 15.5 Å². The molecule has 7 heteroatoms.